The third-order valence-corrected chi connectivity index (χ3v) is 4.37. The molecular weight excluding hydrogens is 386 g/mol. The Hall–Kier alpha value is -2.90. The lowest BCUT2D eigenvalue weighted by atomic mass is 10.0. The molecule has 3 unspecified atom stereocenters. The first-order valence-electron chi connectivity index (χ1n) is 10.2. The Bertz CT molecular complexity index is 706. The average Bonchev–Trinajstić information content (AvgIpc) is 2.66. The Kier molecular flexibility index (Phi) is 10.6. The van der Waals surface area contributed by atoms with Crippen molar-refractivity contribution in [2.24, 2.45) is 17.6 Å². The molecule has 0 saturated heterocycles. The molecule has 3 amide bonds. The summed E-state index contributed by atoms with van der Waals surface area (Å²) in [4.78, 5) is 48.2. The van der Waals surface area contributed by atoms with E-state index in [4.69, 9.17) is 10.5 Å². The van der Waals surface area contributed by atoms with E-state index in [1.54, 1.807) is 0 Å². The molecular formula is C22H33N3O5. The molecule has 3 atom stereocenters. The number of primary amides is 1. The normalized spacial score (nSPS) is 13.9. The summed E-state index contributed by atoms with van der Waals surface area (Å²) in [5, 5.41) is 5.35. The highest BCUT2D eigenvalue weighted by Gasteiger charge is 2.29. The second kappa shape index (κ2) is 12.6. The van der Waals surface area contributed by atoms with Gasteiger partial charge in [-0.1, -0.05) is 58.0 Å². The van der Waals surface area contributed by atoms with Gasteiger partial charge in [-0.25, -0.2) is 4.79 Å². The van der Waals surface area contributed by atoms with Crippen LogP contribution in [0.1, 0.15) is 46.1 Å². The lowest BCUT2D eigenvalue weighted by Gasteiger charge is -2.24. The Labute approximate surface area is 177 Å². The molecule has 0 aliphatic rings. The van der Waals surface area contributed by atoms with Gasteiger partial charge in [0.1, 0.15) is 12.3 Å². The van der Waals surface area contributed by atoms with Gasteiger partial charge in [0.2, 0.25) is 5.91 Å². The Morgan fingerprint density at radius 3 is 2.07 bits per heavy atom. The first-order chi connectivity index (χ1) is 14.1. The second-order valence-corrected chi connectivity index (χ2v) is 8.19. The van der Waals surface area contributed by atoms with Crippen molar-refractivity contribution in [1.29, 1.82) is 0 Å². The van der Waals surface area contributed by atoms with E-state index in [2.05, 4.69) is 10.6 Å². The molecule has 1 aromatic rings. The topological polar surface area (TPSA) is 128 Å². The number of hydrogen-bond acceptors (Lipinski definition) is 5. The lowest BCUT2D eigenvalue weighted by Crippen LogP contribution is -2.54. The summed E-state index contributed by atoms with van der Waals surface area (Å²) in [7, 11) is 0. The molecule has 0 radical (unpaired) electrons. The summed E-state index contributed by atoms with van der Waals surface area (Å²) in [6, 6.07) is 7.59. The molecule has 0 aliphatic heterocycles. The molecule has 4 N–H and O–H groups in total. The van der Waals surface area contributed by atoms with Crippen LogP contribution < -0.4 is 16.4 Å². The fourth-order valence-electron chi connectivity index (χ4n) is 3.04. The predicted octanol–water partition coefficient (Wildman–Crippen LogP) is 1.95. The predicted molar refractivity (Wildman–Crippen MR) is 113 cm³/mol. The van der Waals surface area contributed by atoms with Crippen molar-refractivity contribution in [3.8, 4) is 0 Å². The molecule has 0 aliphatic carbocycles. The fraction of sp³-hybridized carbons (Fsp3) is 0.545. The van der Waals surface area contributed by atoms with Crippen molar-refractivity contribution in [1.82, 2.24) is 10.6 Å². The van der Waals surface area contributed by atoms with Crippen LogP contribution in [0.4, 0.5) is 4.79 Å². The van der Waals surface area contributed by atoms with E-state index in [1.165, 1.54) is 0 Å². The van der Waals surface area contributed by atoms with Gasteiger partial charge in [-0.3, -0.25) is 9.59 Å². The van der Waals surface area contributed by atoms with Crippen LogP contribution in [0, 0.1) is 11.8 Å². The molecule has 1 rings (SSSR count). The van der Waals surface area contributed by atoms with Gasteiger partial charge in [-0.15, -0.1) is 0 Å². The number of hydrogen-bond donors (Lipinski definition) is 3. The highest BCUT2D eigenvalue weighted by Crippen LogP contribution is 2.11. The zero-order chi connectivity index (χ0) is 22.7. The number of carbonyl (C=O) groups excluding carboxylic acids is 4. The number of amides is 3. The Morgan fingerprint density at radius 2 is 1.57 bits per heavy atom. The summed E-state index contributed by atoms with van der Waals surface area (Å²) >= 11 is 0. The first kappa shape index (κ1) is 25.1. The summed E-state index contributed by atoms with van der Waals surface area (Å²) in [6.07, 6.45) is -0.502. The van der Waals surface area contributed by atoms with E-state index in [0.717, 1.165) is 5.56 Å². The van der Waals surface area contributed by atoms with Gasteiger partial charge < -0.3 is 25.9 Å². The molecule has 0 aromatic heterocycles. The number of benzene rings is 1. The molecule has 1 aromatic carbocycles. The van der Waals surface area contributed by atoms with Crippen LogP contribution in [0.5, 0.6) is 0 Å². The Balaban J connectivity index is 3.00. The number of carbonyl (C=O) groups is 4. The van der Waals surface area contributed by atoms with E-state index in [1.807, 2.05) is 58.0 Å². The number of rotatable bonds is 12. The highest BCUT2D eigenvalue weighted by molar-refractivity contribution is 5.91. The minimum atomic E-state index is -1.11. The van der Waals surface area contributed by atoms with Gasteiger partial charge in [-0.05, 0) is 30.2 Å². The number of nitrogens with one attached hydrogen (secondary N) is 2. The molecule has 0 heterocycles. The van der Waals surface area contributed by atoms with Crippen LogP contribution in [0.3, 0.4) is 0 Å². The Morgan fingerprint density at radius 1 is 0.967 bits per heavy atom. The molecule has 8 heteroatoms. The zero-order valence-electron chi connectivity index (χ0n) is 18.1. The summed E-state index contributed by atoms with van der Waals surface area (Å²) < 4.78 is 4.95. The first-order valence-corrected chi connectivity index (χ1v) is 10.2. The monoisotopic (exact) mass is 419 g/mol. The van der Waals surface area contributed by atoms with Gasteiger partial charge in [0.05, 0.1) is 6.04 Å². The molecule has 30 heavy (non-hydrogen) atoms. The van der Waals surface area contributed by atoms with Crippen molar-refractivity contribution < 1.29 is 23.9 Å². The average molecular weight is 420 g/mol. The van der Waals surface area contributed by atoms with Crippen molar-refractivity contribution in [3.63, 3.8) is 0 Å². The SMILES string of the molecule is CC(C)CC(C=O)NC(=O)C(Cc1ccccc1)NC(=O)C(CC(C)C)OC(N)=O. The maximum Gasteiger partial charge on any atom is 0.405 e. The maximum atomic E-state index is 12.9. The zero-order valence-corrected chi connectivity index (χ0v) is 18.1. The molecule has 0 saturated carbocycles. The third kappa shape index (κ3) is 9.54. The van der Waals surface area contributed by atoms with E-state index in [-0.39, 0.29) is 24.7 Å². The third-order valence-electron chi connectivity index (χ3n) is 4.37. The minimum absolute atomic E-state index is 0.0620. The number of nitrogens with two attached hydrogens (primary N) is 1. The van der Waals surface area contributed by atoms with E-state index in [9.17, 15) is 19.2 Å². The molecule has 0 fully saturated rings. The van der Waals surface area contributed by atoms with Crippen LogP contribution >= 0.6 is 0 Å². The van der Waals surface area contributed by atoms with Crippen LogP contribution in [-0.2, 0) is 25.5 Å². The van der Waals surface area contributed by atoms with Crippen LogP contribution in [-0.4, -0.2) is 42.4 Å². The van der Waals surface area contributed by atoms with Crippen LogP contribution in [0.15, 0.2) is 30.3 Å². The highest BCUT2D eigenvalue weighted by atomic mass is 16.6. The van der Waals surface area contributed by atoms with Crippen molar-refractivity contribution in [2.45, 2.75) is 65.1 Å². The van der Waals surface area contributed by atoms with Crippen LogP contribution in [0.2, 0.25) is 0 Å². The van der Waals surface area contributed by atoms with E-state index >= 15 is 0 Å². The van der Waals surface area contributed by atoms with Gasteiger partial charge in [0.15, 0.2) is 6.10 Å². The van der Waals surface area contributed by atoms with E-state index in [0.29, 0.717) is 12.7 Å². The molecule has 0 spiro atoms. The summed E-state index contributed by atoms with van der Waals surface area (Å²) in [5.41, 5.74) is 5.93. The second-order valence-electron chi connectivity index (χ2n) is 8.19. The van der Waals surface area contributed by atoms with E-state index < -0.39 is 36.1 Å². The maximum absolute atomic E-state index is 12.9. The van der Waals surface area contributed by atoms with Gasteiger partial charge >= 0.3 is 6.09 Å². The van der Waals surface area contributed by atoms with Gasteiger partial charge in [0, 0.05) is 6.42 Å². The molecule has 0 bridgehead atoms. The summed E-state index contributed by atoms with van der Waals surface area (Å²) in [6.45, 7) is 7.64. The smallest absolute Gasteiger partial charge is 0.405 e. The number of aldehydes is 1. The quantitative estimate of drug-likeness (QED) is 0.446. The fourth-order valence-corrected chi connectivity index (χ4v) is 3.04. The van der Waals surface area contributed by atoms with Crippen molar-refractivity contribution in [3.05, 3.63) is 35.9 Å². The van der Waals surface area contributed by atoms with Crippen molar-refractivity contribution >= 4 is 24.2 Å². The standard InChI is InChI=1S/C22H33N3O5/c1-14(2)10-17(13-26)24-20(27)18(12-16-8-6-5-7-9-16)25-21(28)19(11-15(3)4)30-22(23)29/h5-9,13-15,17-19H,10-12H2,1-4H3,(H2,23,29)(H,24,27)(H,25,28). The molecule has 166 valence electrons. The van der Waals surface area contributed by atoms with Gasteiger partial charge in [0.25, 0.3) is 5.91 Å². The van der Waals surface area contributed by atoms with Gasteiger partial charge in [-0.2, -0.15) is 0 Å². The largest absolute Gasteiger partial charge is 0.436 e. The van der Waals surface area contributed by atoms with Crippen LogP contribution in [0.25, 0.3) is 0 Å². The van der Waals surface area contributed by atoms with Crippen molar-refractivity contribution in [2.75, 3.05) is 0 Å². The molecule has 8 nitrogen and oxygen atoms in total. The lowest BCUT2D eigenvalue weighted by molar-refractivity contribution is -0.135. The summed E-state index contributed by atoms with van der Waals surface area (Å²) in [5.74, 6) is -0.813. The minimum Gasteiger partial charge on any atom is -0.436 e. The number of ether oxygens (including phenoxy) is 1.